The average molecular weight is 399 g/mol. The van der Waals surface area contributed by atoms with Gasteiger partial charge >= 0.3 is 0 Å². The zero-order chi connectivity index (χ0) is 21.0. The van der Waals surface area contributed by atoms with Crippen LogP contribution < -0.4 is 0 Å². The summed E-state index contributed by atoms with van der Waals surface area (Å²) in [4.78, 5) is 16.7. The minimum Gasteiger partial charge on any atom is -0.379 e. The van der Waals surface area contributed by atoms with Gasteiger partial charge in [-0.2, -0.15) is 0 Å². The fourth-order valence-corrected chi connectivity index (χ4v) is 3.99. The molecule has 1 unspecified atom stereocenters. The molecule has 1 heterocycles. The Bertz CT molecular complexity index is 820. The molecular weight excluding hydrogens is 367 g/mol. The minimum atomic E-state index is -1.38. The molecule has 156 valence electrons. The van der Waals surface area contributed by atoms with Crippen LogP contribution in [0, 0.1) is 5.82 Å². The number of likely N-dealkylation sites (N-methyl/N-ethyl adjacent to an activating group) is 1. The molecule has 0 bridgehead atoms. The predicted octanol–water partition coefficient (Wildman–Crippen LogP) is 3.93. The molecule has 1 saturated heterocycles. The highest BCUT2D eigenvalue weighted by atomic mass is 19.1. The molecule has 5 heteroatoms. The maximum Gasteiger partial charge on any atom is 0.256 e. The molecule has 3 rings (SSSR count). The molecule has 2 aromatic carbocycles. The monoisotopic (exact) mass is 398 g/mol. The lowest BCUT2D eigenvalue weighted by Crippen LogP contribution is -2.57. The summed E-state index contributed by atoms with van der Waals surface area (Å²) in [6.45, 7) is 6.30. The van der Waals surface area contributed by atoms with Crippen LogP contribution in [0.3, 0.4) is 0 Å². The predicted molar refractivity (Wildman–Crippen MR) is 113 cm³/mol. The molecule has 0 aliphatic carbocycles. The number of piperidine rings is 1. The second-order valence-electron chi connectivity index (χ2n) is 8.56. The van der Waals surface area contributed by atoms with E-state index in [1.54, 1.807) is 17.0 Å². The molecule has 1 amide bonds. The van der Waals surface area contributed by atoms with Crippen molar-refractivity contribution >= 4 is 5.91 Å². The number of nitrogens with zero attached hydrogens (tertiary/aromatic N) is 2. The highest BCUT2D eigenvalue weighted by Crippen LogP contribution is 2.26. The van der Waals surface area contributed by atoms with Crippen LogP contribution >= 0.6 is 0 Å². The van der Waals surface area contributed by atoms with Gasteiger partial charge in [-0.3, -0.25) is 9.69 Å². The summed E-state index contributed by atoms with van der Waals surface area (Å²) >= 11 is 0. The van der Waals surface area contributed by atoms with Crippen molar-refractivity contribution < 1.29 is 14.3 Å². The van der Waals surface area contributed by atoms with Gasteiger partial charge in [-0.05, 0) is 54.6 Å². The van der Waals surface area contributed by atoms with E-state index in [4.69, 9.17) is 0 Å². The van der Waals surface area contributed by atoms with Gasteiger partial charge in [-0.15, -0.1) is 0 Å². The van der Waals surface area contributed by atoms with Gasteiger partial charge in [0.15, 0.2) is 5.60 Å². The molecule has 1 atom stereocenters. The molecule has 0 spiro atoms. The van der Waals surface area contributed by atoms with E-state index in [0.717, 1.165) is 17.5 Å². The summed E-state index contributed by atoms with van der Waals surface area (Å²) in [5.74, 6) is -0.000365. The van der Waals surface area contributed by atoms with Gasteiger partial charge in [-0.1, -0.05) is 50.2 Å². The number of amides is 1. The van der Waals surface area contributed by atoms with E-state index in [1.165, 1.54) is 17.7 Å². The van der Waals surface area contributed by atoms with Crippen LogP contribution in [0.5, 0.6) is 0 Å². The molecular formula is C24H31FN2O2. The molecule has 29 heavy (non-hydrogen) atoms. The van der Waals surface area contributed by atoms with Crippen LogP contribution in [0.1, 0.15) is 49.3 Å². The summed E-state index contributed by atoms with van der Waals surface area (Å²) < 4.78 is 13.1. The number of rotatable bonds is 7. The van der Waals surface area contributed by atoms with Crippen LogP contribution in [0.2, 0.25) is 0 Å². The highest BCUT2D eigenvalue weighted by Gasteiger charge is 2.42. The summed E-state index contributed by atoms with van der Waals surface area (Å²) in [6.07, 6.45) is 1.24. The van der Waals surface area contributed by atoms with Gasteiger partial charge in [-0.25, -0.2) is 4.39 Å². The van der Waals surface area contributed by atoms with Crippen molar-refractivity contribution in [2.45, 2.75) is 51.3 Å². The Morgan fingerprint density at radius 2 is 1.72 bits per heavy atom. The zero-order valence-electron chi connectivity index (χ0n) is 17.6. The molecule has 0 radical (unpaired) electrons. The Labute approximate surface area is 173 Å². The van der Waals surface area contributed by atoms with Gasteiger partial charge in [0.05, 0.1) is 0 Å². The molecule has 1 aliphatic heterocycles. The fourth-order valence-electron chi connectivity index (χ4n) is 3.99. The van der Waals surface area contributed by atoms with Crippen LogP contribution in [-0.2, 0) is 17.9 Å². The van der Waals surface area contributed by atoms with Crippen molar-refractivity contribution in [3.8, 4) is 0 Å². The van der Waals surface area contributed by atoms with Crippen molar-refractivity contribution in [3.05, 3.63) is 71.0 Å². The van der Waals surface area contributed by atoms with E-state index in [2.05, 4.69) is 38.1 Å². The summed E-state index contributed by atoms with van der Waals surface area (Å²) in [7, 11) is 1.87. The van der Waals surface area contributed by atoms with Crippen LogP contribution in [0.25, 0.3) is 0 Å². The molecule has 0 saturated carbocycles. The largest absolute Gasteiger partial charge is 0.379 e. The Hall–Kier alpha value is -2.24. The van der Waals surface area contributed by atoms with Gasteiger partial charge in [0.2, 0.25) is 0 Å². The quantitative estimate of drug-likeness (QED) is 0.768. The molecule has 1 fully saturated rings. The number of carbonyl (C=O) groups is 1. The lowest BCUT2D eigenvalue weighted by Gasteiger charge is -2.40. The van der Waals surface area contributed by atoms with Gasteiger partial charge in [0.25, 0.3) is 5.91 Å². The maximum absolute atomic E-state index is 13.1. The summed E-state index contributed by atoms with van der Waals surface area (Å²) in [5.41, 5.74) is 1.91. The maximum atomic E-state index is 13.1. The number of carbonyl (C=O) groups excluding carboxylic acids is 1. The van der Waals surface area contributed by atoms with E-state index in [1.807, 2.05) is 11.9 Å². The Kier molecular flexibility index (Phi) is 6.70. The van der Waals surface area contributed by atoms with Crippen LogP contribution in [-0.4, -0.2) is 46.6 Å². The highest BCUT2D eigenvalue weighted by molar-refractivity contribution is 5.86. The van der Waals surface area contributed by atoms with Crippen LogP contribution in [0.4, 0.5) is 4.39 Å². The SMILES string of the molecule is CC(C)c1ccc(CN2CCCC(O)(CN(C)Cc3ccc(F)cc3)C2=O)cc1. The van der Waals surface area contributed by atoms with E-state index >= 15 is 0 Å². The number of aliphatic hydroxyl groups is 1. The smallest absolute Gasteiger partial charge is 0.256 e. The lowest BCUT2D eigenvalue weighted by molar-refractivity contribution is -0.160. The molecule has 1 aliphatic rings. The summed E-state index contributed by atoms with van der Waals surface area (Å²) in [6, 6.07) is 14.7. The van der Waals surface area contributed by atoms with Gasteiger partial charge < -0.3 is 10.0 Å². The van der Waals surface area contributed by atoms with Gasteiger partial charge in [0, 0.05) is 26.2 Å². The topological polar surface area (TPSA) is 43.8 Å². The normalized spacial score (nSPS) is 20.0. The average Bonchev–Trinajstić information content (AvgIpc) is 2.68. The number of likely N-dealkylation sites (tertiary alicyclic amines) is 1. The zero-order valence-corrected chi connectivity index (χ0v) is 17.6. The first-order chi connectivity index (χ1) is 13.8. The van der Waals surface area contributed by atoms with Crippen molar-refractivity contribution in [2.24, 2.45) is 0 Å². The van der Waals surface area contributed by atoms with Gasteiger partial charge in [0.1, 0.15) is 5.82 Å². The van der Waals surface area contributed by atoms with E-state index in [0.29, 0.717) is 32.0 Å². The Balaban J connectivity index is 1.63. The van der Waals surface area contributed by atoms with Crippen LogP contribution in [0.15, 0.2) is 48.5 Å². The van der Waals surface area contributed by atoms with E-state index in [-0.39, 0.29) is 18.3 Å². The first-order valence-electron chi connectivity index (χ1n) is 10.3. The van der Waals surface area contributed by atoms with Crippen molar-refractivity contribution in [1.29, 1.82) is 0 Å². The minimum absolute atomic E-state index is 0.206. The number of hydrogen-bond donors (Lipinski definition) is 1. The van der Waals surface area contributed by atoms with Crippen molar-refractivity contribution in [2.75, 3.05) is 20.1 Å². The molecule has 2 aromatic rings. The third kappa shape index (κ3) is 5.43. The van der Waals surface area contributed by atoms with Crippen molar-refractivity contribution in [3.63, 3.8) is 0 Å². The third-order valence-corrected chi connectivity index (χ3v) is 5.62. The lowest BCUT2D eigenvalue weighted by atomic mass is 9.90. The number of hydrogen-bond acceptors (Lipinski definition) is 3. The standard InChI is InChI=1S/C24H31FN2O2/c1-18(2)21-9-5-20(6-10-21)16-27-14-4-13-24(29,23(27)28)17-26(3)15-19-7-11-22(25)12-8-19/h5-12,18,29H,4,13-17H2,1-3H3. The summed E-state index contributed by atoms with van der Waals surface area (Å²) in [5, 5.41) is 11.1. The second kappa shape index (κ2) is 9.06. The number of benzene rings is 2. The van der Waals surface area contributed by atoms with Crippen molar-refractivity contribution in [1.82, 2.24) is 9.80 Å². The van der Waals surface area contributed by atoms with E-state index in [9.17, 15) is 14.3 Å². The second-order valence-corrected chi connectivity index (χ2v) is 8.56. The first-order valence-corrected chi connectivity index (χ1v) is 10.3. The molecule has 4 nitrogen and oxygen atoms in total. The fraction of sp³-hybridized carbons (Fsp3) is 0.458. The third-order valence-electron chi connectivity index (χ3n) is 5.62. The molecule has 1 N–H and O–H groups in total. The Morgan fingerprint density at radius 1 is 1.10 bits per heavy atom. The van der Waals surface area contributed by atoms with E-state index < -0.39 is 5.60 Å². The number of halogens is 1. The Morgan fingerprint density at radius 3 is 2.34 bits per heavy atom. The molecule has 0 aromatic heterocycles. The first kappa shape index (κ1) is 21.5.